The Morgan fingerprint density at radius 2 is 1.85 bits per heavy atom. The number of fused-ring (bicyclic) bond motifs is 1. The molecule has 0 aliphatic carbocycles. The van der Waals surface area contributed by atoms with Crippen LogP contribution in [0.4, 0.5) is 5.69 Å². The molecule has 2 aromatic carbocycles. The fourth-order valence-electron chi connectivity index (χ4n) is 4.10. The summed E-state index contributed by atoms with van der Waals surface area (Å²) in [4.78, 5) is 21.2. The van der Waals surface area contributed by atoms with Gasteiger partial charge in [-0.25, -0.2) is 4.98 Å². The molecule has 1 saturated heterocycles. The van der Waals surface area contributed by atoms with Gasteiger partial charge in [0, 0.05) is 23.2 Å². The first-order valence-electron chi connectivity index (χ1n) is 11.0. The van der Waals surface area contributed by atoms with E-state index < -0.39 is 0 Å². The van der Waals surface area contributed by atoms with Crippen LogP contribution < -0.4 is 20.8 Å². The average Bonchev–Trinajstić information content (AvgIpc) is 3.51. The second kappa shape index (κ2) is 9.25. The van der Waals surface area contributed by atoms with E-state index in [0.717, 1.165) is 30.1 Å². The lowest BCUT2D eigenvalue weighted by molar-refractivity contribution is 0.230. The van der Waals surface area contributed by atoms with Gasteiger partial charge in [0.25, 0.3) is 5.56 Å². The van der Waals surface area contributed by atoms with Crippen LogP contribution in [0.1, 0.15) is 12.8 Å². The molecule has 4 aromatic rings. The van der Waals surface area contributed by atoms with Gasteiger partial charge in [-0.15, -0.1) is 11.3 Å². The van der Waals surface area contributed by atoms with E-state index in [9.17, 15) is 4.79 Å². The monoisotopic (exact) mass is 462 g/mol. The van der Waals surface area contributed by atoms with Crippen LogP contribution in [0.3, 0.4) is 0 Å². The third kappa shape index (κ3) is 4.44. The molecule has 1 aliphatic heterocycles. The number of nitrogens with two attached hydrogens (primary N) is 1. The average molecular weight is 463 g/mol. The summed E-state index contributed by atoms with van der Waals surface area (Å²) in [6, 6.07) is 15.1. The van der Waals surface area contributed by atoms with Crippen molar-refractivity contribution in [3.63, 3.8) is 0 Å². The number of anilines is 1. The molecule has 3 heterocycles. The van der Waals surface area contributed by atoms with Crippen molar-refractivity contribution in [1.29, 1.82) is 0 Å². The number of ether oxygens (including phenoxy) is 2. The van der Waals surface area contributed by atoms with Crippen LogP contribution in [0.2, 0.25) is 0 Å². The topological polar surface area (TPSA) is 82.6 Å². The number of nitrogens with zero attached hydrogens (tertiary/aromatic N) is 3. The van der Waals surface area contributed by atoms with Crippen LogP contribution in [0.25, 0.3) is 26.3 Å². The maximum atomic E-state index is 13.3. The van der Waals surface area contributed by atoms with Gasteiger partial charge in [-0.05, 0) is 61.8 Å². The number of hydrogen-bond donors (Lipinski definition) is 1. The van der Waals surface area contributed by atoms with Crippen molar-refractivity contribution >= 4 is 27.2 Å². The number of benzene rings is 2. The standard InChI is InChI=1S/C25H26N4O3S/c1-31-22-14-19(8-9-21(22)32-13-12-28-10-2-3-11-28)29-16-27-20-15-23(33-24(20)25(29)30)17-4-6-18(26)7-5-17/h4-9,14-16H,2-3,10-13,26H2,1H3. The third-order valence-electron chi connectivity index (χ3n) is 5.92. The van der Waals surface area contributed by atoms with E-state index in [-0.39, 0.29) is 5.56 Å². The molecule has 0 spiro atoms. The number of methoxy groups -OCH3 is 1. The molecule has 0 bridgehead atoms. The van der Waals surface area contributed by atoms with Gasteiger partial charge < -0.3 is 15.2 Å². The van der Waals surface area contributed by atoms with Gasteiger partial charge in [0.15, 0.2) is 11.5 Å². The molecule has 0 radical (unpaired) electrons. The summed E-state index contributed by atoms with van der Waals surface area (Å²) in [5.74, 6) is 1.26. The summed E-state index contributed by atoms with van der Waals surface area (Å²) >= 11 is 1.43. The van der Waals surface area contributed by atoms with E-state index >= 15 is 0 Å². The molecule has 8 heteroatoms. The van der Waals surface area contributed by atoms with Gasteiger partial charge >= 0.3 is 0 Å². The normalized spacial score (nSPS) is 14.1. The first-order chi connectivity index (χ1) is 16.1. The number of hydrogen-bond acceptors (Lipinski definition) is 7. The van der Waals surface area contributed by atoms with Crippen molar-refractivity contribution in [3.8, 4) is 27.6 Å². The Morgan fingerprint density at radius 3 is 2.61 bits per heavy atom. The van der Waals surface area contributed by atoms with Gasteiger partial charge in [0.1, 0.15) is 17.6 Å². The molecule has 0 amide bonds. The summed E-state index contributed by atoms with van der Waals surface area (Å²) < 4.78 is 13.7. The van der Waals surface area contributed by atoms with Gasteiger partial charge in [-0.3, -0.25) is 14.3 Å². The van der Waals surface area contributed by atoms with Crippen molar-refractivity contribution in [3.05, 3.63) is 65.2 Å². The van der Waals surface area contributed by atoms with Gasteiger partial charge in [0.05, 0.1) is 18.3 Å². The molecule has 33 heavy (non-hydrogen) atoms. The fourth-order valence-corrected chi connectivity index (χ4v) is 5.15. The minimum Gasteiger partial charge on any atom is -0.493 e. The lowest BCUT2D eigenvalue weighted by Gasteiger charge is -2.17. The molecule has 0 atom stereocenters. The molecule has 0 unspecified atom stereocenters. The van der Waals surface area contributed by atoms with E-state index in [1.165, 1.54) is 24.2 Å². The Morgan fingerprint density at radius 1 is 1.06 bits per heavy atom. The zero-order chi connectivity index (χ0) is 22.8. The number of rotatable bonds is 7. The highest BCUT2D eigenvalue weighted by Gasteiger charge is 2.15. The highest BCUT2D eigenvalue weighted by atomic mass is 32.1. The highest BCUT2D eigenvalue weighted by molar-refractivity contribution is 7.22. The largest absolute Gasteiger partial charge is 0.493 e. The molecule has 0 saturated carbocycles. The third-order valence-corrected chi connectivity index (χ3v) is 7.08. The highest BCUT2D eigenvalue weighted by Crippen LogP contribution is 2.32. The predicted molar refractivity (Wildman–Crippen MR) is 133 cm³/mol. The fraction of sp³-hybridized carbons (Fsp3) is 0.280. The second-order valence-electron chi connectivity index (χ2n) is 8.10. The van der Waals surface area contributed by atoms with E-state index in [4.69, 9.17) is 15.2 Å². The first kappa shape index (κ1) is 21.5. The number of thiophene rings is 1. The van der Waals surface area contributed by atoms with Crippen molar-refractivity contribution < 1.29 is 9.47 Å². The van der Waals surface area contributed by atoms with Crippen LogP contribution in [0, 0.1) is 0 Å². The second-order valence-corrected chi connectivity index (χ2v) is 9.15. The maximum absolute atomic E-state index is 13.3. The van der Waals surface area contributed by atoms with Crippen molar-refractivity contribution in [2.75, 3.05) is 39.1 Å². The van der Waals surface area contributed by atoms with Crippen molar-refractivity contribution in [2.24, 2.45) is 0 Å². The number of likely N-dealkylation sites (tertiary alicyclic amines) is 1. The van der Waals surface area contributed by atoms with Crippen LogP contribution in [-0.4, -0.2) is 47.8 Å². The van der Waals surface area contributed by atoms with E-state index in [1.807, 2.05) is 48.5 Å². The number of nitrogen functional groups attached to an aromatic ring is 1. The minimum absolute atomic E-state index is 0.114. The Labute approximate surface area is 196 Å². The van der Waals surface area contributed by atoms with Crippen LogP contribution in [0.5, 0.6) is 11.5 Å². The van der Waals surface area contributed by atoms with Crippen LogP contribution >= 0.6 is 11.3 Å². The maximum Gasteiger partial charge on any atom is 0.275 e. The Kier molecular flexibility index (Phi) is 6.02. The molecule has 7 nitrogen and oxygen atoms in total. The Hall–Kier alpha value is -3.36. The molecule has 2 aromatic heterocycles. The van der Waals surface area contributed by atoms with Gasteiger partial charge in [-0.2, -0.15) is 0 Å². The van der Waals surface area contributed by atoms with Crippen LogP contribution in [0.15, 0.2) is 59.7 Å². The number of aromatic nitrogens is 2. The summed E-state index contributed by atoms with van der Waals surface area (Å²) in [6.45, 7) is 3.78. The SMILES string of the molecule is COc1cc(-n2cnc3cc(-c4ccc(N)cc4)sc3c2=O)ccc1OCCN1CCCC1. The molecule has 1 fully saturated rings. The Balaban J connectivity index is 1.41. The summed E-state index contributed by atoms with van der Waals surface area (Å²) in [5.41, 5.74) is 8.76. The molecule has 1 aliphatic rings. The first-order valence-corrected chi connectivity index (χ1v) is 11.8. The smallest absolute Gasteiger partial charge is 0.275 e. The molecule has 5 rings (SSSR count). The quantitative estimate of drug-likeness (QED) is 0.415. The van der Waals surface area contributed by atoms with Gasteiger partial charge in [0.2, 0.25) is 0 Å². The zero-order valence-electron chi connectivity index (χ0n) is 18.5. The van der Waals surface area contributed by atoms with Crippen LogP contribution in [-0.2, 0) is 0 Å². The zero-order valence-corrected chi connectivity index (χ0v) is 19.3. The summed E-state index contributed by atoms with van der Waals surface area (Å²) in [7, 11) is 1.61. The lowest BCUT2D eigenvalue weighted by Crippen LogP contribution is -2.25. The molecular formula is C25H26N4O3S. The molecule has 2 N–H and O–H groups in total. The molecular weight excluding hydrogens is 436 g/mol. The summed E-state index contributed by atoms with van der Waals surface area (Å²) in [5, 5.41) is 0. The van der Waals surface area contributed by atoms with Gasteiger partial charge in [-0.1, -0.05) is 12.1 Å². The van der Waals surface area contributed by atoms with E-state index in [0.29, 0.717) is 39.7 Å². The Bertz CT molecular complexity index is 1320. The van der Waals surface area contributed by atoms with Crippen molar-refractivity contribution in [2.45, 2.75) is 12.8 Å². The van der Waals surface area contributed by atoms with E-state index in [2.05, 4.69) is 9.88 Å². The minimum atomic E-state index is -0.114. The van der Waals surface area contributed by atoms with E-state index in [1.54, 1.807) is 18.0 Å². The molecule has 170 valence electrons. The predicted octanol–water partition coefficient (Wildman–Crippen LogP) is 4.18. The lowest BCUT2D eigenvalue weighted by atomic mass is 10.2. The summed E-state index contributed by atoms with van der Waals surface area (Å²) in [6.07, 6.45) is 4.08. The van der Waals surface area contributed by atoms with Crippen molar-refractivity contribution in [1.82, 2.24) is 14.5 Å².